The van der Waals surface area contributed by atoms with Crippen LogP contribution in [-0.4, -0.2) is 40.8 Å². The minimum atomic E-state index is -3.41. The van der Waals surface area contributed by atoms with Crippen LogP contribution in [0.25, 0.3) is 0 Å². The van der Waals surface area contributed by atoms with Gasteiger partial charge in [0.15, 0.2) is 5.92 Å². The molecule has 4 N–H and O–H groups in total. The fourth-order valence-electron chi connectivity index (χ4n) is 3.63. The molecule has 30 heavy (non-hydrogen) atoms. The summed E-state index contributed by atoms with van der Waals surface area (Å²) >= 11 is 0. The number of hydrogen-bond acceptors (Lipinski definition) is 8. The van der Waals surface area contributed by atoms with E-state index in [1.807, 2.05) is 0 Å². The van der Waals surface area contributed by atoms with Crippen molar-refractivity contribution in [2.24, 2.45) is 0 Å². The summed E-state index contributed by atoms with van der Waals surface area (Å²) in [6.45, 7) is 0. The van der Waals surface area contributed by atoms with Crippen LogP contribution in [0.4, 0.5) is 22.7 Å². The summed E-state index contributed by atoms with van der Waals surface area (Å²) in [7, 11) is -0.674. The monoisotopic (exact) mass is 432 g/mol. The second-order valence-electron chi connectivity index (χ2n) is 6.98. The summed E-state index contributed by atoms with van der Waals surface area (Å²) in [5.41, 5.74) is 3.68. The summed E-state index contributed by atoms with van der Waals surface area (Å²) in [5.74, 6) is -1.57. The molecule has 10 nitrogen and oxygen atoms in total. The number of carbonyl (C=O) groups excluding carboxylic acids is 2. The van der Waals surface area contributed by atoms with Crippen LogP contribution in [0.5, 0.6) is 5.75 Å². The number of sulfonamides is 1. The van der Waals surface area contributed by atoms with Crippen LogP contribution in [0.15, 0.2) is 30.3 Å². The van der Waals surface area contributed by atoms with E-state index in [2.05, 4.69) is 20.7 Å². The number of rotatable bonds is 5. The molecule has 2 aromatic rings. The Morgan fingerprint density at radius 3 is 2.37 bits per heavy atom. The molecule has 2 unspecified atom stereocenters. The SMILES string of the molecule is COC(=O)C1C(=O)Nc2cc3c(cc21)NC(c1ccc(NS(C)(=O)=O)cc1OC)N3. The van der Waals surface area contributed by atoms with E-state index in [0.717, 1.165) is 17.5 Å². The standard InChI is InChI=1S/C19H20N4O6S/c1-28-15-6-9(23-30(3,26)27)4-5-10(15)17-20-13-7-11-12(8-14(13)21-17)22-18(24)16(11)19(25)29-2/h4-8,16-17,20-21,23H,1-3H3,(H,22,24). The molecule has 0 fully saturated rings. The van der Waals surface area contributed by atoms with Crippen LogP contribution in [0.3, 0.4) is 0 Å². The first-order valence-electron chi connectivity index (χ1n) is 8.95. The fourth-order valence-corrected chi connectivity index (χ4v) is 4.19. The Labute approximate surface area is 173 Å². The molecule has 0 spiro atoms. The van der Waals surface area contributed by atoms with E-state index in [1.165, 1.54) is 14.2 Å². The molecular formula is C19H20N4O6S. The molecule has 0 aliphatic carbocycles. The van der Waals surface area contributed by atoms with Gasteiger partial charge < -0.3 is 25.4 Å². The lowest BCUT2D eigenvalue weighted by atomic mass is 10.00. The van der Waals surface area contributed by atoms with Gasteiger partial charge in [-0.15, -0.1) is 0 Å². The van der Waals surface area contributed by atoms with Gasteiger partial charge >= 0.3 is 5.97 Å². The van der Waals surface area contributed by atoms with E-state index < -0.39 is 27.8 Å². The molecule has 2 aliphatic heterocycles. The molecule has 2 aromatic carbocycles. The summed E-state index contributed by atoms with van der Waals surface area (Å²) in [6.07, 6.45) is 0.709. The minimum absolute atomic E-state index is 0.364. The number of ether oxygens (including phenoxy) is 2. The van der Waals surface area contributed by atoms with Gasteiger partial charge in [-0.3, -0.25) is 14.3 Å². The number of benzene rings is 2. The number of esters is 1. The predicted octanol–water partition coefficient (Wildman–Crippen LogP) is 1.81. The average Bonchev–Trinajstić information content (AvgIpc) is 3.23. The van der Waals surface area contributed by atoms with Gasteiger partial charge in [0.2, 0.25) is 15.9 Å². The highest BCUT2D eigenvalue weighted by Gasteiger charge is 2.39. The van der Waals surface area contributed by atoms with Gasteiger partial charge in [-0.1, -0.05) is 0 Å². The molecule has 4 rings (SSSR count). The smallest absolute Gasteiger partial charge is 0.322 e. The second-order valence-corrected chi connectivity index (χ2v) is 8.73. The van der Waals surface area contributed by atoms with Crippen molar-refractivity contribution in [3.05, 3.63) is 41.5 Å². The second kappa shape index (κ2) is 7.10. The van der Waals surface area contributed by atoms with Crippen LogP contribution in [-0.2, 0) is 24.3 Å². The van der Waals surface area contributed by atoms with Gasteiger partial charge in [-0.05, 0) is 24.3 Å². The third kappa shape index (κ3) is 3.47. The first-order chi connectivity index (χ1) is 14.2. The predicted molar refractivity (Wildman–Crippen MR) is 111 cm³/mol. The van der Waals surface area contributed by atoms with E-state index in [1.54, 1.807) is 30.3 Å². The van der Waals surface area contributed by atoms with Crippen molar-refractivity contribution in [2.45, 2.75) is 12.1 Å². The van der Waals surface area contributed by atoms with Crippen molar-refractivity contribution in [3.8, 4) is 5.75 Å². The van der Waals surface area contributed by atoms with Gasteiger partial charge in [-0.25, -0.2) is 8.42 Å². The summed E-state index contributed by atoms with van der Waals surface area (Å²) < 4.78 is 35.5. The quantitative estimate of drug-likeness (QED) is 0.415. The Morgan fingerprint density at radius 1 is 1.03 bits per heavy atom. The van der Waals surface area contributed by atoms with E-state index in [4.69, 9.17) is 9.47 Å². The fraction of sp³-hybridized carbons (Fsp3) is 0.263. The lowest BCUT2D eigenvalue weighted by Crippen LogP contribution is -2.21. The van der Waals surface area contributed by atoms with Crippen molar-refractivity contribution in [2.75, 3.05) is 41.1 Å². The van der Waals surface area contributed by atoms with Crippen LogP contribution >= 0.6 is 0 Å². The van der Waals surface area contributed by atoms with Crippen LogP contribution in [0.2, 0.25) is 0 Å². The molecule has 158 valence electrons. The molecule has 2 atom stereocenters. The van der Waals surface area contributed by atoms with Gasteiger partial charge in [0, 0.05) is 22.9 Å². The number of hydrogen-bond donors (Lipinski definition) is 4. The Balaban J connectivity index is 1.63. The number of anilines is 4. The zero-order valence-corrected chi connectivity index (χ0v) is 17.2. The topological polar surface area (TPSA) is 135 Å². The molecule has 2 aliphatic rings. The maximum Gasteiger partial charge on any atom is 0.322 e. The summed E-state index contributed by atoms with van der Waals surface area (Å²) in [6, 6.07) is 8.47. The normalized spacial score (nSPS) is 19.1. The highest BCUT2D eigenvalue weighted by Crippen LogP contribution is 2.45. The Hall–Kier alpha value is -3.47. The Morgan fingerprint density at radius 2 is 1.73 bits per heavy atom. The van der Waals surface area contributed by atoms with Crippen LogP contribution in [0.1, 0.15) is 23.2 Å². The summed E-state index contributed by atoms with van der Waals surface area (Å²) in [5, 5.41) is 9.29. The minimum Gasteiger partial charge on any atom is -0.496 e. The van der Waals surface area contributed by atoms with Crippen LogP contribution in [0, 0.1) is 0 Å². The van der Waals surface area contributed by atoms with Crippen LogP contribution < -0.4 is 25.4 Å². The van der Waals surface area contributed by atoms with Gasteiger partial charge in [0.1, 0.15) is 11.9 Å². The lowest BCUT2D eigenvalue weighted by Gasteiger charge is -2.17. The summed E-state index contributed by atoms with van der Waals surface area (Å²) in [4.78, 5) is 24.1. The Kier molecular flexibility index (Phi) is 4.69. The third-order valence-corrected chi connectivity index (χ3v) is 5.51. The van der Waals surface area contributed by atoms with Crippen molar-refractivity contribution >= 4 is 44.6 Å². The molecular weight excluding hydrogens is 412 g/mol. The van der Waals surface area contributed by atoms with Crippen molar-refractivity contribution in [1.29, 1.82) is 0 Å². The number of carbonyl (C=O) groups is 2. The molecule has 0 aromatic heterocycles. The first-order valence-corrected chi connectivity index (χ1v) is 10.8. The largest absolute Gasteiger partial charge is 0.496 e. The van der Waals surface area contributed by atoms with Gasteiger partial charge in [0.25, 0.3) is 0 Å². The lowest BCUT2D eigenvalue weighted by molar-refractivity contribution is -0.144. The molecule has 1 amide bonds. The number of fused-ring (bicyclic) bond motifs is 2. The number of amides is 1. The van der Waals surface area contributed by atoms with Crippen molar-refractivity contribution in [3.63, 3.8) is 0 Å². The first kappa shape index (κ1) is 19.8. The number of nitrogens with one attached hydrogen (secondary N) is 4. The van der Waals surface area contributed by atoms with Crippen molar-refractivity contribution in [1.82, 2.24) is 0 Å². The zero-order chi connectivity index (χ0) is 21.6. The van der Waals surface area contributed by atoms with E-state index in [-0.39, 0.29) is 6.17 Å². The molecule has 11 heteroatoms. The van der Waals surface area contributed by atoms with E-state index >= 15 is 0 Å². The number of methoxy groups -OCH3 is 2. The maximum absolute atomic E-state index is 12.1. The molecule has 0 saturated carbocycles. The average molecular weight is 432 g/mol. The highest BCUT2D eigenvalue weighted by atomic mass is 32.2. The maximum atomic E-state index is 12.1. The molecule has 0 radical (unpaired) electrons. The van der Waals surface area contributed by atoms with E-state index in [0.29, 0.717) is 28.4 Å². The third-order valence-electron chi connectivity index (χ3n) is 4.91. The van der Waals surface area contributed by atoms with Crippen molar-refractivity contribution < 1.29 is 27.5 Å². The molecule has 0 saturated heterocycles. The highest BCUT2D eigenvalue weighted by molar-refractivity contribution is 7.92. The van der Waals surface area contributed by atoms with Gasteiger partial charge in [0.05, 0.1) is 37.5 Å². The zero-order valence-electron chi connectivity index (χ0n) is 16.4. The molecule has 2 heterocycles. The van der Waals surface area contributed by atoms with E-state index in [9.17, 15) is 18.0 Å². The van der Waals surface area contributed by atoms with Gasteiger partial charge in [-0.2, -0.15) is 0 Å². The molecule has 0 bridgehead atoms. The Bertz CT molecular complexity index is 1160.